The third-order valence-corrected chi connectivity index (χ3v) is 2.91. The minimum atomic E-state index is -0.564. The molecule has 2 N–H and O–H groups in total. The van der Waals surface area contributed by atoms with Crippen molar-refractivity contribution in [2.45, 2.75) is 0 Å². The van der Waals surface area contributed by atoms with E-state index in [4.69, 9.17) is 9.84 Å². The predicted molar refractivity (Wildman–Crippen MR) is 82.8 cm³/mol. The van der Waals surface area contributed by atoms with Crippen LogP contribution in [0.1, 0.15) is 15.9 Å². The number of benzene rings is 2. The minimum absolute atomic E-state index is 0.0515. The zero-order chi connectivity index (χ0) is 16.8. The maximum absolute atomic E-state index is 11.8. The number of hydrogen-bond acceptors (Lipinski definition) is 6. The van der Waals surface area contributed by atoms with Gasteiger partial charge in [0.1, 0.15) is 5.75 Å². The number of nitrogens with zero attached hydrogens (tertiary/aromatic N) is 2. The van der Waals surface area contributed by atoms with Crippen LogP contribution in [-0.4, -0.2) is 29.3 Å². The number of nitrogens with one attached hydrogen (secondary N) is 1. The number of carbonyl (C=O) groups is 1. The summed E-state index contributed by atoms with van der Waals surface area (Å²) in [5.74, 6) is -0.278. The Hall–Kier alpha value is -3.42. The molecule has 8 heteroatoms. The number of hydrazone groups is 1. The van der Waals surface area contributed by atoms with Gasteiger partial charge in [-0.25, -0.2) is 5.43 Å². The maximum Gasteiger partial charge on any atom is 0.311 e. The summed E-state index contributed by atoms with van der Waals surface area (Å²) in [5.41, 5.74) is 2.85. The van der Waals surface area contributed by atoms with Gasteiger partial charge in [-0.3, -0.25) is 14.9 Å². The lowest BCUT2D eigenvalue weighted by molar-refractivity contribution is -0.385. The molecule has 118 valence electrons. The molecule has 0 spiro atoms. The number of methoxy groups -OCH3 is 1. The van der Waals surface area contributed by atoms with E-state index < -0.39 is 10.8 Å². The van der Waals surface area contributed by atoms with Crippen LogP contribution in [0.5, 0.6) is 11.5 Å². The maximum atomic E-state index is 11.8. The van der Waals surface area contributed by atoms with Crippen LogP contribution in [0.25, 0.3) is 0 Å². The first-order chi connectivity index (χ1) is 11.0. The molecule has 0 aromatic heterocycles. The average Bonchev–Trinajstić information content (AvgIpc) is 2.55. The van der Waals surface area contributed by atoms with Crippen molar-refractivity contribution in [3.05, 3.63) is 63.7 Å². The summed E-state index contributed by atoms with van der Waals surface area (Å²) in [5, 5.41) is 23.8. The van der Waals surface area contributed by atoms with Crippen LogP contribution in [0.4, 0.5) is 5.69 Å². The van der Waals surface area contributed by atoms with Gasteiger partial charge in [0, 0.05) is 17.2 Å². The Labute approximate surface area is 131 Å². The van der Waals surface area contributed by atoms with Gasteiger partial charge in [0.05, 0.1) is 18.2 Å². The molecule has 0 unspecified atom stereocenters. The first-order valence-corrected chi connectivity index (χ1v) is 6.46. The zero-order valence-corrected chi connectivity index (χ0v) is 12.1. The number of phenols is 1. The lowest BCUT2D eigenvalue weighted by Crippen LogP contribution is -2.17. The molecule has 8 nitrogen and oxygen atoms in total. The topological polar surface area (TPSA) is 114 Å². The number of nitro groups is 1. The summed E-state index contributed by atoms with van der Waals surface area (Å²) < 4.78 is 4.90. The summed E-state index contributed by atoms with van der Waals surface area (Å²) in [7, 11) is 1.34. The molecule has 0 heterocycles. The highest BCUT2D eigenvalue weighted by Gasteiger charge is 2.14. The largest absolute Gasteiger partial charge is 0.508 e. The number of rotatable bonds is 5. The van der Waals surface area contributed by atoms with E-state index in [0.29, 0.717) is 11.1 Å². The Morgan fingerprint density at radius 3 is 2.61 bits per heavy atom. The molecule has 2 aromatic carbocycles. The van der Waals surface area contributed by atoms with Gasteiger partial charge in [-0.15, -0.1) is 0 Å². The number of carbonyl (C=O) groups excluding carboxylic acids is 1. The highest BCUT2D eigenvalue weighted by Crippen LogP contribution is 2.26. The van der Waals surface area contributed by atoms with Gasteiger partial charge in [-0.1, -0.05) is 0 Å². The molecule has 2 rings (SSSR count). The predicted octanol–water partition coefficient (Wildman–Crippen LogP) is 2.07. The molecule has 0 radical (unpaired) electrons. The van der Waals surface area contributed by atoms with Gasteiger partial charge >= 0.3 is 5.69 Å². The normalized spacial score (nSPS) is 10.5. The highest BCUT2D eigenvalue weighted by molar-refractivity contribution is 5.95. The average molecular weight is 315 g/mol. The second-order valence-corrected chi connectivity index (χ2v) is 4.43. The monoisotopic (exact) mass is 315 g/mol. The summed E-state index contributed by atoms with van der Waals surface area (Å²) in [6, 6.07) is 9.95. The first kappa shape index (κ1) is 16.0. The third kappa shape index (κ3) is 4.03. The van der Waals surface area contributed by atoms with Gasteiger partial charge in [0.15, 0.2) is 5.75 Å². The second-order valence-electron chi connectivity index (χ2n) is 4.43. The standard InChI is InChI=1S/C15H13N3O5/c1-23-14-7-2-10(8-13(14)18(21)22)9-16-17-15(20)11-3-5-12(19)6-4-11/h2-9,19H,1H3,(H,17,20)/b16-9-. The van der Waals surface area contributed by atoms with Crippen molar-refractivity contribution in [2.24, 2.45) is 5.10 Å². The van der Waals surface area contributed by atoms with E-state index >= 15 is 0 Å². The molecular weight excluding hydrogens is 302 g/mol. The summed E-state index contributed by atoms with van der Waals surface area (Å²) >= 11 is 0. The number of hydrogen-bond donors (Lipinski definition) is 2. The molecule has 0 aliphatic heterocycles. The molecule has 0 saturated heterocycles. The number of phenolic OH excluding ortho intramolecular Hbond substituents is 1. The number of nitro benzene ring substituents is 1. The van der Waals surface area contributed by atoms with Gasteiger partial charge in [-0.2, -0.15) is 5.10 Å². The molecule has 0 aliphatic rings. The molecule has 0 fully saturated rings. The number of amides is 1. The van der Waals surface area contributed by atoms with Gasteiger partial charge in [0.25, 0.3) is 5.91 Å². The Morgan fingerprint density at radius 1 is 1.30 bits per heavy atom. The Bertz CT molecular complexity index is 756. The quantitative estimate of drug-likeness (QED) is 0.498. The molecule has 0 aliphatic carbocycles. The summed E-state index contributed by atoms with van der Waals surface area (Å²) in [4.78, 5) is 22.1. The molecule has 0 atom stereocenters. The van der Waals surface area contributed by atoms with Crippen molar-refractivity contribution < 1.29 is 19.6 Å². The fraction of sp³-hybridized carbons (Fsp3) is 0.0667. The Morgan fingerprint density at radius 2 is 2.00 bits per heavy atom. The van der Waals surface area contributed by atoms with Crippen LogP contribution >= 0.6 is 0 Å². The summed E-state index contributed by atoms with van der Waals surface area (Å²) in [6.45, 7) is 0. The van der Waals surface area contributed by atoms with Gasteiger partial charge in [-0.05, 0) is 36.4 Å². The second kappa shape index (κ2) is 7.03. The summed E-state index contributed by atoms with van der Waals surface area (Å²) in [6.07, 6.45) is 1.28. The first-order valence-electron chi connectivity index (χ1n) is 6.46. The zero-order valence-electron chi connectivity index (χ0n) is 12.1. The number of ether oxygens (including phenoxy) is 1. The van der Waals surface area contributed by atoms with Crippen molar-refractivity contribution in [3.63, 3.8) is 0 Å². The minimum Gasteiger partial charge on any atom is -0.508 e. The van der Waals surface area contributed by atoms with Crippen molar-refractivity contribution in [2.75, 3.05) is 7.11 Å². The van der Waals surface area contributed by atoms with E-state index in [1.807, 2.05) is 0 Å². The fourth-order valence-electron chi connectivity index (χ4n) is 1.77. The van der Waals surface area contributed by atoms with Crippen LogP contribution < -0.4 is 10.2 Å². The lowest BCUT2D eigenvalue weighted by atomic mass is 10.2. The van der Waals surface area contributed by atoms with Gasteiger partial charge < -0.3 is 9.84 Å². The van der Waals surface area contributed by atoms with Crippen molar-refractivity contribution in [1.82, 2.24) is 5.43 Å². The van der Waals surface area contributed by atoms with E-state index in [1.165, 1.54) is 49.7 Å². The van der Waals surface area contributed by atoms with E-state index in [9.17, 15) is 14.9 Å². The van der Waals surface area contributed by atoms with E-state index in [1.54, 1.807) is 6.07 Å². The van der Waals surface area contributed by atoms with E-state index in [-0.39, 0.29) is 17.2 Å². The van der Waals surface area contributed by atoms with Crippen LogP contribution in [0, 0.1) is 10.1 Å². The van der Waals surface area contributed by atoms with Crippen molar-refractivity contribution in [1.29, 1.82) is 0 Å². The lowest BCUT2D eigenvalue weighted by Gasteiger charge is -2.02. The van der Waals surface area contributed by atoms with Crippen LogP contribution in [0.15, 0.2) is 47.6 Å². The smallest absolute Gasteiger partial charge is 0.311 e. The molecule has 23 heavy (non-hydrogen) atoms. The Kier molecular flexibility index (Phi) is 4.88. The van der Waals surface area contributed by atoms with Crippen LogP contribution in [0.2, 0.25) is 0 Å². The van der Waals surface area contributed by atoms with Gasteiger partial charge in [0.2, 0.25) is 0 Å². The van der Waals surface area contributed by atoms with Crippen LogP contribution in [0.3, 0.4) is 0 Å². The third-order valence-electron chi connectivity index (χ3n) is 2.91. The number of aromatic hydroxyl groups is 1. The SMILES string of the molecule is COc1ccc(/C=N\NC(=O)c2ccc(O)cc2)cc1[N+](=O)[O-]. The van der Waals surface area contributed by atoms with Crippen molar-refractivity contribution >= 4 is 17.8 Å². The molecule has 1 amide bonds. The Balaban J connectivity index is 2.08. The highest BCUT2D eigenvalue weighted by atomic mass is 16.6. The van der Waals surface area contributed by atoms with Crippen molar-refractivity contribution in [3.8, 4) is 11.5 Å². The molecule has 2 aromatic rings. The van der Waals surface area contributed by atoms with E-state index in [0.717, 1.165) is 0 Å². The van der Waals surface area contributed by atoms with Crippen LogP contribution in [-0.2, 0) is 0 Å². The van der Waals surface area contributed by atoms with E-state index in [2.05, 4.69) is 10.5 Å². The fourth-order valence-corrected chi connectivity index (χ4v) is 1.77. The molecule has 0 saturated carbocycles. The molecular formula is C15H13N3O5. The molecule has 0 bridgehead atoms.